The van der Waals surface area contributed by atoms with Gasteiger partial charge in [0.05, 0.1) is 13.2 Å². The molecule has 3 rings (SSSR count). The number of carboxylic acids is 3. The van der Waals surface area contributed by atoms with E-state index in [2.05, 4.69) is 40.7 Å². The number of hydrogen-bond donors (Lipinski definition) is 15. The first-order valence-electron chi connectivity index (χ1n) is 23.9. The summed E-state index contributed by atoms with van der Waals surface area (Å²) in [6.45, 7) is 2.89. The Bertz CT molecular complexity index is 2640. The first-order chi connectivity index (χ1) is 37.1. The Morgan fingerprint density at radius 3 is 1.88 bits per heavy atom. The number of hydrogen-bond acceptors (Lipinski definition) is 26. The molecule has 82 heavy (non-hydrogen) atoms. The van der Waals surface area contributed by atoms with Crippen LogP contribution >= 0.6 is 15.6 Å². The summed E-state index contributed by atoms with van der Waals surface area (Å²) in [7, 11) is -12.4. The molecule has 0 saturated carbocycles. The van der Waals surface area contributed by atoms with E-state index >= 15 is 0 Å². The van der Waals surface area contributed by atoms with Crippen LogP contribution in [0.4, 0.5) is 0 Å². The number of nitrogens with two attached hydrogens (primary N) is 1. The number of nitrogens with zero attached hydrogens (tertiary/aromatic N) is 1. The van der Waals surface area contributed by atoms with Gasteiger partial charge in [0.15, 0.2) is 12.5 Å². The Morgan fingerprint density at radius 1 is 0.744 bits per heavy atom. The molecule has 2 aliphatic heterocycles. The van der Waals surface area contributed by atoms with Crippen LogP contribution in [0.2, 0.25) is 0 Å². The van der Waals surface area contributed by atoms with Crippen LogP contribution in [0, 0.1) is 0 Å². The van der Waals surface area contributed by atoms with Crippen molar-refractivity contribution in [3.05, 3.63) is 33.1 Å². The van der Waals surface area contributed by atoms with Crippen LogP contribution in [-0.2, 0) is 79.8 Å². The second-order valence-corrected chi connectivity index (χ2v) is 21.0. The number of aromatic amines is 1. The number of carbonyl (C=O) groups excluding carboxylic acids is 6. The Balaban J connectivity index is 0.0000168. The molecule has 2 fully saturated rings. The number of H-pyrrole nitrogens is 1. The van der Waals surface area contributed by atoms with Crippen molar-refractivity contribution in [3.8, 4) is 0 Å². The molecule has 0 aromatic carbocycles. The van der Waals surface area contributed by atoms with E-state index in [1.165, 1.54) is 6.92 Å². The maximum atomic E-state index is 13.4. The molecule has 2 aliphatic rings. The average Bonchev–Trinajstić information content (AvgIpc) is 3.63. The van der Waals surface area contributed by atoms with Crippen LogP contribution in [0.5, 0.6) is 0 Å². The van der Waals surface area contributed by atoms with Crippen molar-refractivity contribution in [2.24, 2.45) is 5.73 Å². The quantitative estimate of drug-likeness (QED) is 0.0242. The van der Waals surface area contributed by atoms with Gasteiger partial charge in [-0.1, -0.05) is 0 Å². The zero-order chi connectivity index (χ0) is 60.7. The molecule has 16 N–H and O–H groups in total. The summed E-state index contributed by atoms with van der Waals surface area (Å²) in [5.74, 6) is -10.7. The van der Waals surface area contributed by atoms with E-state index in [4.69, 9.17) is 34.7 Å². The summed E-state index contributed by atoms with van der Waals surface area (Å²) >= 11 is 0. The first kappa shape index (κ1) is 75.9. The number of amides is 6. The molecule has 2 saturated heterocycles. The fourth-order valence-corrected chi connectivity index (χ4v) is 9.48. The Kier molecular flexibility index (Phi) is 31.6. The molecule has 0 spiro atoms. The molecule has 0 bridgehead atoms. The Labute approximate surface area is 508 Å². The van der Waals surface area contributed by atoms with Crippen molar-refractivity contribution in [1.29, 1.82) is 0 Å². The molecule has 452 valence electrons. The predicted octanol–water partition coefficient (Wildman–Crippen LogP) is -14.5. The number of carboxylic acid groups (broad SMARTS) is 3. The van der Waals surface area contributed by atoms with E-state index in [1.54, 1.807) is 0 Å². The summed E-state index contributed by atoms with van der Waals surface area (Å²) in [5, 5.41) is 83.1. The van der Waals surface area contributed by atoms with Gasteiger partial charge >= 0.3 is 82.7 Å². The standard InChI is InChI=1S/C41H65N9O28P2.2Na/c1-15(32(58)45-17(3)37(62)63)44-35(61)21(8-6-7-20(42)38(64)65)47-25(53)10-9-22(39(66)67)48-33(59)16(2)43-34(60)18(4)74-31-27(46-19(5)52)40(76-23(13-51)29(31)56)77-80(71,72)78-79(69,70)73-14-24-28(55)30(57)36(75-24)50-12-11-26(54)49-41(50)68;;/h11-12,15-18,20-24,27-31,36,40,51,55-57H,6-10,13-14,42H2,1-5H3,(H,43,60)(H,44,61)(H,45,58)(H,46,52)(H,47,53)(H,48,59)(H,62,63)(H,64,65)(H,66,67)(H,69,70)(H,71,72)(H,49,54,68);;/q;2*+1/p-2/t15-,16+,17-,18-,20-,21+,22-,23-,24-,27-,28-,29-,30-,31-,36-,40-;;/m1../s1. The number of aliphatic hydroxyl groups is 4. The normalized spacial score (nSPS) is 25.3. The van der Waals surface area contributed by atoms with Crippen LogP contribution < -0.4 is 118 Å². The molecule has 1 aromatic rings. The zero-order valence-electron chi connectivity index (χ0n) is 45.0. The number of phosphoric ester groups is 2. The number of aromatic nitrogens is 2. The molecular weight excluding hydrogens is 1170 g/mol. The van der Waals surface area contributed by atoms with Crippen molar-refractivity contribution >= 4 is 69.0 Å². The number of carbonyl (C=O) groups is 9. The third-order valence-corrected chi connectivity index (χ3v) is 14.3. The molecule has 6 amide bonds. The summed E-state index contributed by atoms with van der Waals surface area (Å²) in [5.41, 5.74) is 3.59. The number of aliphatic carboxylic acids is 3. The Morgan fingerprint density at radius 2 is 1.33 bits per heavy atom. The number of nitrogens with one attached hydrogen (secondary N) is 7. The van der Waals surface area contributed by atoms with Crippen LogP contribution in [0.1, 0.15) is 73.0 Å². The van der Waals surface area contributed by atoms with Crippen molar-refractivity contribution < 1.29 is 184 Å². The third kappa shape index (κ3) is 23.4. The van der Waals surface area contributed by atoms with E-state index in [0.717, 1.165) is 40.0 Å². The topological polar surface area (TPSA) is 584 Å². The van der Waals surface area contributed by atoms with E-state index < -0.39 is 204 Å². The fraction of sp³-hybridized carbons (Fsp3) is 0.683. The monoisotopic (exact) mass is 1240 g/mol. The van der Waals surface area contributed by atoms with Crippen LogP contribution in [-0.4, -0.2) is 203 Å². The summed E-state index contributed by atoms with van der Waals surface area (Å²) < 4.78 is 56.0. The van der Waals surface area contributed by atoms with E-state index in [0.29, 0.717) is 4.57 Å². The van der Waals surface area contributed by atoms with Gasteiger partial charge in [0.1, 0.15) is 85.0 Å². The minimum Gasteiger partial charge on any atom is -0.756 e. The summed E-state index contributed by atoms with van der Waals surface area (Å²) in [6.07, 6.45) is -18.5. The number of ether oxygens (including phenoxy) is 3. The van der Waals surface area contributed by atoms with Gasteiger partial charge in [-0.05, 0) is 53.4 Å². The van der Waals surface area contributed by atoms with Crippen molar-refractivity contribution in [3.63, 3.8) is 0 Å². The molecular formula is C41H63N9Na2O28P2. The van der Waals surface area contributed by atoms with Gasteiger partial charge < -0.3 is 102 Å². The van der Waals surface area contributed by atoms with Gasteiger partial charge in [0.25, 0.3) is 21.2 Å². The van der Waals surface area contributed by atoms with E-state index in [9.17, 15) is 97.2 Å². The van der Waals surface area contributed by atoms with Crippen LogP contribution in [0.25, 0.3) is 0 Å². The third-order valence-electron chi connectivity index (χ3n) is 11.7. The van der Waals surface area contributed by atoms with Crippen molar-refractivity contribution in [1.82, 2.24) is 41.5 Å². The zero-order valence-corrected chi connectivity index (χ0v) is 50.8. The number of phosphoric acid groups is 2. The minimum atomic E-state index is -6.28. The summed E-state index contributed by atoms with van der Waals surface area (Å²) in [4.78, 5) is 163. The number of rotatable bonds is 31. The first-order valence-corrected chi connectivity index (χ1v) is 26.8. The van der Waals surface area contributed by atoms with Gasteiger partial charge in [-0.25, -0.2) is 13.9 Å². The van der Waals surface area contributed by atoms with Gasteiger partial charge in [0, 0.05) is 25.6 Å². The van der Waals surface area contributed by atoms with Crippen molar-refractivity contribution in [2.45, 2.75) is 164 Å². The maximum Gasteiger partial charge on any atom is 1.00 e. The Hall–Kier alpha value is -4.15. The molecule has 1 aromatic heterocycles. The molecule has 3 heterocycles. The van der Waals surface area contributed by atoms with Crippen LogP contribution in [0.3, 0.4) is 0 Å². The molecule has 0 radical (unpaired) electrons. The number of aliphatic hydroxyl groups excluding tert-OH is 4. The smallest absolute Gasteiger partial charge is 0.756 e. The summed E-state index contributed by atoms with van der Waals surface area (Å²) in [6, 6.07) is -10.1. The second-order valence-electron chi connectivity index (χ2n) is 18.1. The van der Waals surface area contributed by atoms with E-state index in [-0.39, 0.29) is 78.4 Å². The fourth-order valence-electron chi connectivity index (χ4n) is 7.39. The predicted molar refractivity (Wildman–Crippen MR) is 255 cm³/mol. The van der Waals surface area contributed by atoms with Gasteiger partial charge in [0.2, 0.25) is 35.4 Å². The average molecular weight is 1240 g/mol. The van der Waals surface area contributed by atoms with Crippen LogP contribution in [0.15, 0.2) is 21.9 Å². The molecule has 0 aliphatic carbocycles. The van der Waals surface area contributed by atoms with Crippen molar-refractivity contribution in [2.75, 3.05) is 13.2 Å². The largest absolute Gasteiger partial charge is 1.00 e. The minimum absolute atomic E-state index is 0. The molecule has 2 unspecified atom stereocenters. The SMILES string of the molecule is CC(=O)N[C@H]1[C@@H](OP(=O)([O-])OP(=O)([O-])OC[C@H]2O[C@@H](n3ccc(=O)[nH]c3=O)[C@H](O)[C@@H]2O)O[C@H](CO)[C@@H](O)[C@@H]1O[C@H](C)C(=O)N[C@@H](C)C(=O)N[C@H](CCC(=O)N[C@@H](CCC[C@@H](N)C(=O)O)C(=O)N[C@H](C)C(=O)N[C@H](C)C(=O)O)C(=O)O.[Na+].[Na+]. The van der Waals surface area contributed by atoms with E-state index in [1.807, 2.05) is 4.98 Å². The molecule has 37 nitrogen and oxygen atoms in total. The van der Waals surface area contributed by atoms with Gasteiger partial charge in [-0.2, -0.15) is 0 Å². The molecule has 18 atom stereocenters. The van der Waals surface area contributed by atoms with Gasteiger partial charge in [-0.15, -0.1) is 0 Å². The maximum absolute atomic E-state index is 13.4. The van der Waals surface area contributed by atoms with Gasteiger partial charge in [-0.3, -0.25) is 66.4 Å². The second kappa shape index (κ2) is 34.1. The molecule has 41 heteroatoms.